The van der Waals surface area contributed by atoms with Gasteiger partial charge in [-0.25, -0.2) is 0 Å². The highest BCUT2D eigenvalue weighted by Crippen LogP contribution is 2.33. The summed E-state index contributed by atoms with van der Waals surface area (Å²) >= 11 is 0. The largest absolute Gasteiger partial charge is 0.454 e. The van der Waals surface area contributed by atoms with E-state index in [1.807, 2.05) is 6.92 Å². The molecule has 0 saturated carbocycles. The summed E-state index contributed by atoms with van der Waals surface area (Å²) in [6.07, 6.45) is -2.86. The zero-order valence-corrected chi connectivity index (χ0v) is 20.3. The van der Waals surface area contributed by atoms with Crippen LogP contribution in [0.15, 0.2) is 42.5 Å². The van der Waals surface area contributed by atoms with E-state index in [4.69, 9.17) is 9.47 Å². The van der Waals surface area contributed by atoms with Crippen LogP contribution in [-0.4, -0.2) is 55.1 Å². The number of amides is 3. The molecule has 3 amide bonds. The van der Waals surface area contributed by atoms with Gasteiger partial charge in [0.15, 0.2) is 11.5 Å². The van der Waals surface area contributed by atoms with Crippen LogP contribution in [0.25, 0.3) is 0 Å². The van der Waals surface area contributed by atoms with Crippen molar-refractivity contribution in [1.29, 1.82) is 0 Å². The van der Waals surface area contributed by atoms with Crippen LogP contribution in [0, 0.1) is 5.92 Å². The average molecular weight is 520 g/mol. The summed E-state index contributed by atoms with van der Waals surface area (Å²) in [5, 5.41) is 5.68. The molecule has 8 nitrogen and oxygen atoms in total. The molecule has 1 fully saturated rings. The third-order valence-corrected chi connectivity index (χ3v) is 6.51. The molecule has 2 aliphatic heterocycles. The first-order chi connectivity index (χ1) is 17.7. The second-order valence-electron chi connectivity index (χ2n) is 9.01. The molecule has 0 aliphatic carbocycles. The first-order valence-corrected chi connectivity index (χ1v) is 12.1. The average Bonchev–Trinajstić information content (AvgIpc) is 3.37. The summed E-state index contributed by atoms with van der Waals surface area (Å²) in [6, 6.07) is 8.09. The number of alkyl halides is 3. The molecule has 11 heteroatoms. The van der Waals surface area contributed by atoms with Crippen LogP contribution in [0.3, 0.4) is 0 Å². The number of hydrogen-bond acceptors (Lipinski definition) is 5. The molecule has 0 aromatic heterocycles. The number of nitrogens with zero attached hydrogens (tertiary/aromatic N) is 1. The third-order valence-electron chi connectivity index (χ3n) is 6.51. The molecule has 0 radical (unpaired) electrons. The Labute approximate surface area is 212 Å². The molecule has 0 bridgehead atoms. The number of nitrogens with one attached hydrogen (secondary N) is 2. The van der Waals surface area contributed by atoms with E-state index in [9.17, 15) is 27.6 Å². The van der Waals surface area contributed by atoms with Crippen molar-refractivity contribution in [2.24, 2.45) is 5.92 Å². The van der Waals surface area contributed by atoms with Crippen LogP contribution in [0.5, 0.6) is 11.5 Å². The van der Waals surface area contributed by atoms with Crippen molar-refractivity contribution in [3.63, 3.8) is 0 Å². The second-order valence-corrected chi connectivity index (χ2v) is 9.01. The van der Waals surface area contributed by atoms with Crippen LogP contribution in [0.1, 0.15) is 52.5 Å². The van der Waals surface area contributed by atoms with Gasteiger partial charge < -0.3 is 25.0 Å². The fourth-order valence-corrected chi connectivity index (χ4v) is 4.44. The standard InChI is InChI=1S/C26H28F3N3O5/c1-2-11-30-24(34)22(31-23(33)18-5-8-20-21(14-18)37-15-36-20)16-9-12-32(13-10-16)25(35)17-3-6-19(7-4-17)26(27,28)29/h3-8,14,16,22H,2,9-13,15H2,1H3,(H,30,34)(H,31,33). The minimum absolute atomic E-state index is 0.0756. The molecular weight excluding hydrogens is 491 g/mol. The van der Waals surface area contributed by atoms with Crippen LogP contribution < -0.4 is 20.1 Å². The highest BCUT2D eigenvalue weighted by Gasteiger charge is 2.35. The Morgan fingerprint density at radius 3 is 2.30 bits per heavy atom. The van der Waals surface area contributed by atoms with E-state index in [1.54, 1.807) is 23.1 Å². The topological polar surface area (TPSA) is 97.0 Å². The van der Waals surface area contributed by atoms with E-state index in [2.05, 4.69) is 10.6 Å². The molecule has 2 N–H and O–H groups in total. The number of piperidine rings is 1. The second kappa shape index (κ2) is 11.1. The summed E-state index contributed by atoms with van der Waals surface area (Å²) in [5.41, 5.74) is -0.325. The molecule has 2 heterocycles. The summed E-state index contributed by atoms with van der Waals surface area (Å²) in [6.45, 7) is 3.07. The fraction of sp³-hybridized carbons (Fsp3) is 0.423. The van der Waals surface area contributed by atoms with Crippen molar-refractivity contribution in [1.82, 2.24) is 15.5 Å². The van der Waals surface area contributed by atoms with Crippen molar-refractivity contribution in [3.05, 3.63) is 59.2 Å². The Balaban J connectivity index is 1.41. The monoisotopic (exact) mass is 519 g/mol. The van der Waals surface area contributed by atoms with Crippen LogP contribution >= 0.6 is 0 Å². The third kappa shape index (κ3) is 6.15. The van der Waals surface area contributed by atoms with Gasteiger partial charge in [0.05, 0.1) is 5.56 Å². The van der Waals surface area contributed by atoms with Gasteiger partial charge in [0.25, 0.3) is 11.8 Å². The number of carbonyl (C=O) groups excluding carboxylic acids is 3. The Hall–Kier alpha value is -3.76. The number of ether oxygens (including phenoxy) is 2. The molecule has 1 atom stereocenters. The number of likely N-dealkylation sites (tertiary alicyclic amines) is 1. The fourth-order valence-electron chi connectivity index (χ4n) is 4.44. The maximum atomic E-state index is 13.0. The quantitative estimate of drug-likeness (QED) is 0.583. The summed E-state index contributed by atoms with van der Waals surface area (Å²) in [7, 11) is 0. The van der Waals surface area contributed by atoms with Gasteiger partial charge in [-0.1, -0.05) is 6.92 Å². The molecular formula is C26H28F3N3O5. The van der Waals surface area contributed by atoms with Crippen molar-refractivity contribution >= 4 is 17.7 Å². The zero-order valence-electron chi connectivity index (χ0n) is 20.3. The van der Waals surface area contributed by atoms with Gasteiger partial charge in [-0.15, -0.1) is 0 Å². The van der Waals surface area contributed by atoms with Gasteiger partial charge in [0.2, 0.25) is 12.7 Å². The molecule has 2 aliphatic rings. The van der Waals surface area contributed by atoms with E-state index < -0.39 is 23.7 Å². The van der Waals surface area contributed by atoms with E-state index in [0.717, 1.165) is 18.6 Å². The number of carbonyl (C=O) groups is 3. The van der Waals surface area contributed by atoms with Crippen molar-refractivity contribution in [2.75, 3.05) is 26.4 Å². The molecule has 0 spiro atoms. The molecule has 198 valence electrons. The number of benzene rings is 2. The molecule has 4 rings (SSSR count). The van der Waals surface area contributed by atoms with Gasteiger partial charge >= 0.3 is 6.18 Å². The van der Waals surface area contributed by atoms with Gasteiger partial charge in [0, 0.05) is 30.8 Å². The Morgan fingerprint density at radius 1 is 1.00 bits per heavy atom. The lowest BCUT2D eigenvalue weighted by Gasteiger charge is -2.36. The number of halogens is 3. The van der Waals surface area contributed by atoms with Gasteiger partial charge in [0.1, 0.15) is 6.04 Å². The number of rotatable bonds is 7. The lowest BCUT2D eigenvalue weighted by atomic mass is 9.88. The van der Waals surface area contributed by atoms with Crippen molar-refractivity contribution in [2.45, 2.75) is 38.4 Å². The highest BCUT2D eigenvalue weighted by atomic mass is 19.4. The van der Waals surface area contributed by atoms with Crippen LogP contribution in [0.4, 0.5) is 13.2 Å². The highest BCUT2D eigenvalue weighted by molar-refractivity contribution is 5.98. The predicted molar refractivity (Wildman–Crippen MR) is 127 cm³/mol. The van der Waals surface area contributed by atoms with Gasteiger partial charge in [-0.05, 0) is 67.6 Å². The summed E-state index contributed by atoms with van der Waals surface area (Å²) in [5.74, 6) is -0.342. The first kappa shape index (κ1) is 26.3. The molecule has 2 aromatic carbocycles. The normalized spacial score (nSPS) is 16.3. The Morgan fingerprint density at radius 2 is 1.65 bits per heavy atom. The lowest BCUT2D eigenvalue weighted by molar-refractivity contribution is -0.137. The molecule has 37 heavy (non-hydrogen) atoms. The molecule has 1 saturated heterocycles. The Kier molecular flexibility index (Phi) is 7.89. The molecule has 1 unspecified atom stereocenters. The number of fused-ring (bicyclic) bond motifs is 1. The van der Waals surface area contributed by atoms with Crippen LogP contribution in [-0.2, 0) is 11.0 Å². The number of hydrogen-bond donors (Lipinski definition) is 2. The van der Waals surface area contributed by atoms with Crippen molar-refractivity contribution < 1.29 is 37.0 Å². The summed E-state index contributed by atoms with van der Waals surface area (Å²) < 4.78 is 49.1. The Bertz CT molecular complexity index is 1150. The maximum absolute atomic E-state index is 13.0. The zero-order chi connectivity index (χ0) is 26.6. The summed E-state index contributed by atoms with van der Waals surface area (Å²) in [4.78, 5) is 40.4. The predicted octanol–water partition coefficient (Wildman–Crippen LogP) is 3.61. The minimum atomic E-state index is -4.47. The van der Waals surface area contributed by atoms with E-state index in [1.165, 1.54) is 12.1 Å². The smallest absolute Gasteiger partial charge is 0.416 e. The first-order valence-electron chi connectivity index (χ1n) is 12.1. The van der Waals surface area contributed by atoms with E-state index in [0.29, 0.717) is 49.5 Å². The SMILES string of the molecule is CCCNC(=O)C(NC(=O)c1ccc2c(c1)OCO2)C1CCN(C(=O)c2ccc(C(F)(F)F)cc2)CC1. The van der Waals surface area contributed by atoms with Gasteiger partial charge in [-0.2, -0.15) is 13.2 Å². The van der Waals surface area contributed by atoms with E-state index in [-0.39, 0.29) is 30.1 Å². The van der Waals surface area contributed by atoms with Crippen molar-refractivity contribution in [3.8, 4) is 11.5 Å². The maximum Gasteiger partial charge on any atom is 0.416 e. The van der Waals surface area contributed by atoms with E-state index >= 15 is 0 Å². The van der Waals surface area contributed by atoms with Gasteiger partial charge in [-0.3, -0.25) is 14.4 Å². The van der Waals surface area contributed by atoms with Crippen LogP contribution in [0.2, 0.25) is 0 Å². The lowest BCUT2D eigenvalue weighted by Crippen LogP contribution is -2.54. The molecule has 2 aromatic rings. The minimum Gasteiger partial charge on any atom is -0.454 e.